The van der Waals surface area contributed by atoms with Crippen LogP contribution in [0.2, 0.25) is 10.2 Å². The maximum Gasteiger partial charge on any atom is 0.189 e. The summed E-state index contributed by atoms with van der Waals surface area (Å²) in [7, 11) is 0. The average molecular weight is 322 g/mol. The smallest absolute Gasteiger partial charge is 0.189 e. The molecule has 0 aliphatic carbocycles. The Morgan fingerprint density at radius 2 is 1.85 bits per heavy atom. The Morgan fingerprint density at radius 1 is 1.05 bits per heavy atom. The molecule has 0 fully saturated rings. The third-order valence-corrected chi connectivity index (χ3v) is 4.03. The molecule has 0 unspecified atom stereocenters. The molecule has 0 spiro atoms. The van der Waals surface area contributed by atoms with Crippen molar-refractivity contribution in [3.63, 3.8) is 0 Å². The number of nitrogens with zero attached hydrogens (tertiary/aromatic N) is 3. The molecule has 6 heteroatoms. The first kappa shape index (κ1) is 13.6. The van der Waals surface area contributed by atoms with Gasteiger partial charge in [0.1, 0.15) is 5.15 Å². The summed E-state index contributed by atoms with van der Waals surface area (Å²) in [6.45, 7) is 0. The Morgan fingerprint density at radius 3 is 2.60 bits per heavy atom. The average Bonchev–Trinajstić information content (AvgIpc) is 2.47. The van der Waals surface area contributed by atoms with E-state index in [-0.39, 0.29) is 0 Å². The van der Waals surface area contributed by atoms with Gasteiger partial charge in [0.15, 0.2) is 10.8 Å². The number of aromatic nitrogens is 3. The van der Waals surface area contributed by atoms with Gasteiger partial charge in [-0.15, -0.1) is 0 Å². The number of hydrogen-bond acceptors (Lipinski definition) is 4. The molecule has 3 rings (SSSR count). The van der Waals surface area contributed by atoms with Crippen LogP contribution in [0, 0.1) is 0 Å². The Labute approximate surface area is 130 Å². The number of hydrogen-bond donors (Lipinski definition) is 0. The second-order valence-corrected chi connectivity index (χ2v) is 5.61. The molecule has 100 valence electrons. The van der Waals surface area contributed by atoms with E-state index in [4.69, 9.17) is 23.2 Å². The summed E-state index contributed by atoms with van der Waals surface area (Å²) in [5.74, 6) is 0. The summed E-state index contributed by atoms with van der Waals surface area (Å²) >= 11 is 13.9. The van der Waals surface area contributed by atoms with E-state index in [1.54, 1.807) is 6.20 Å². The van der Waals surface area contributed by atoms with Gasteiger partial charge in [-0.25, -0.2) is 15.0 Å². The molecule has 0 saturated carbocycles. The lowest BCUT2D eigenvalue weighted by Crippen LogP contribution is -1.92. The molecule has 3 aromatic rings. The number of fused-ring (bicyclic) bond motifs is 1. The lowest BCUT2D eigenvalue weighted by molar-refractivity contribution is 0.992. The molecular weight excluding hydrogens is 313 g/mol. The van der Waals surface area contributed by atoms with Crippen molar-refractivity contribution in [2.45, 2.75) is 5.16 Å². The Kier molecular flexibility index (Phi) is 3.78. The number of thioether (sulfide) groups is 1. The van der Waals surface area contributed by atoms with Crippen LogP contribution in [-0.4, -0.2) is 21.2 Å². The third kappa shape index (κ3) is 2.46. The van der Waals surface area contributed by atoms with Crippen LogP contribution in [0.25, 0.3) is 22.2 Å². The zero-order chi connectivity index (χ0) is 14.1. The van der Waals surface area contributed by atoms with Crippen molar-refractivity contribution >= 4 is 46.0 Å². The zero-order valence-corrected chi connectivity index (χ0v) is 12.8. The van der Waals surface area contributed by atoms with Crippen molar-refractivity contribution in [3.05, 3.63) is 46.7 Å². The minimum absolute atomic E-state index is 0.386. The normalized spacial score (nSPS) is 10.9. The van der Waals surface area contributed by atoms with E-state index >= 15 is 0 Å². The first-order valence-electron chi connectivity index (χ1n) is 5.81. The number of rotatable bonds is 2. The fourth-order valence-corrected chi connectivity index (χ4v) is 2.70. The van der Waals surface area contributed by atoms with Crippen LogP contribution in [0.15, 0.2) is 41.7 Å². The number of benzene rings is 1. The lowest BCUT2D eigenvalue weighted by atomic mass is 10.1. The van der Waals surface area contributed by atoms with E-state index in [2.05, 4.69) is 15.0 Å². The SMILES string of the molecule is CSc1ncc2cc(-c3ccccc3Cl)c(Cl)nc2n1. The van der Waals surface area contributed by atoms with Gasteiger partial charge in [0.2, 0.25) is 0 Å². The molecule has 1 aromatic carbocycles. The predicted molar refractivity (Wildman–Crippen MR) is 84.6 cm³/mol. The fourth-order valence-electron chi connectivity index (χ4n) is 1.89. The van der Waals surface area contributed by atoms with Crippen LogP contribution in [0.5, 0.6) is 0 Å². The fraction of sp³-hybridized carbons (Fsp3) is 0.0714. The summed E-state index contributed by atoms with van der Waals surface area (Å²) in [5, 5.41) is 2.53. The van der Waals surface area contributed by atoms with Crippen molar-refractivity contribution in [3.8, 4) is 11.1 Å². The highest BCUT2D eigenvalue weighted by Crippen LogP contribution is 2.33. The maximum absolute atomic E-state index is 6.27. The van der Waals surface area contributed by atoms with Crippen LogP contribution >= 0.6 is 35.0 Å². The van der Waals surface area contributed by atoms with Crippen LogP contribution < -0.4 is 0 Å². The topological polar surface area (TPSA) is 38.7 Å². The second-order valence-electron chi connectivity index (χ2n) is 4.08. The monoisotopic (exact) mass is 321 g/mol. The van der Waals surface area contributed by atoms with Gasteiger partial charge in [-0.2, -0.15) is 0 Å². The molecule has 2 aromatic heterocycles. The second kappa shape index (κ2) is 5.56. The molecule has 3 nitrogen and oxygen atoms in total. The number of halogens is 2. The van der Waals surface area contributed by atoms with Gasteiger partial charge in [0.05, 0.1) is 0 Å². The highest BCUT2D eigenvalue weighted by Gasteiger charge is 2.11. The molecule has 0 atom stereocenters. The number of pyridine rings is 1. The van der Waals surface area contributed by atoms with Gasteiger partial charge in [-0.05, 0) is 18.4 Å². The first-order chi connectivity index (χ1) is 9.69. The molecule has 0 bridgehead atoms. The van der Waals surface area contributed by atoms with E-state index in [9.17, 15) is 0 Å². The minimum atomic E-state index is 0.386. The van der Waals surface area contributed by atoms with E-state index in [1.165, 1.54) is 11.8 Å². The van der Waals surface area contributed by atoms with E-state index < -0.39 is 0 Å². The molecule has 0 radical (unpaired) electrons. The Hall–Kier alpha value is -1.36. The molecule has 0 amide bonds. The summed E-state index contributed by atoms with van der Waals surface area (Å²) in [6.07, 6.45) is 3.67. The van der Waals surface area contributed by atoms with Crippen LogP contribution in [0.3, 0.4) is 0 Å². The van der Waals surface area contributed by atoms with E-state index in [0.29, 0.717) is 21.0 Å². The van der Waals surface area contributed by atoms with Crippen LogP contribution in [-0.2, 0) is 0 Å². The summed E-state index contributed by atoms with van der Waals surface area (Å²) in [6, 6.07) is 9.44. The van der Waals surface area contributed by atoms with Crippen molar-refractivity contribution in [1.29, 1.82) is 0 Å². The minimum Gasteiger partial charge on any atom is -0.230 e. The molecule has 0 aliphatic rings. The Bertz CT molecular complexity index is 792. The van der Waals surface area contributed by atoms with E-state index in [0.717, 1.165) is 16.5 Å². The molecule has 2 heterocycles. The summed E-state index contributed by atoms with van der Waals surface area (Å²) in [4.78, 5) is 12.9. The maximum atomic E-state index is 6.27. The zero-order valence-electron chi connectivity index (χ0n) is 10.5. The van der Waals surface area contributed by atoms with Gasteiger partial charge in [-0.1, -0.05) is 53.2 Å². The third-order valence-electron chi connectivity index (χ3n) is 2.85. The van der Waals surface area contributed by atoms with Gasteiger partial charge in [0.25, 0.3) is 0 Å². The molecule has 20 heavy (non-hydrogen) atoms. The first-order valence-corrected chi connectivity index (χ1v) is 7.79. The van der Waals surface area contributed by atoms with Crippen LogP contribution in [0.4, 0.5) is 0 Å². The van der Waals surface area contributed by atoms with Gasteiger partial charge in [-0.3, -0.25) is 0 Å². The standard InChI is InChI=1S/C14H9Cl2N3S/c1-20-14-17-7-8-6-10(12(16)18-13(8)19-14)9-4-2-3-5-11(9)15/h2-7H,1H3. The molecule has 0 aliphatic heterocycles. The molecule has 0 N–H and O–H groups in total. The quantitative estimate of drug-likeness (QED) is 0.389. The molecular formula is C14H9Cl2N3S. The summed E-state index contributed by atoms with van der Waals surface area (Å²) < 4.78 is 0. The summed E-state index contributed by atoms with van der Waals surface area (Å²) in [5.41, 5.74) is 2.22. The van der Waals surface area contributed by atoms with Crippen LogP contribution in [0.1, 0.15) is 0 Å². The Balaban J connectivity index is 2.23. The van der Waals surface area contributed by atoms with Crippen molar-refractivity contribution in [1.82, 2.24) is 15.0 Å². The lowest BCUT2D eigenvalue weighted by Gasteiger charge is -2.08. The van der Waals surface area contributed by atoms with Crippen molar-refractivity contribution < 1.29 is 0 Å². The van der Waals surface area contributed by atoms with E-state index in [1.807, 2.05) is 36.6 Å². The van der Waals surface area contributed by atoms with Crippen molar-refractivity contribution in [2.24, 2.45) is 0 Å². The van der Waals surface area contributed by atoms with Crippen molar-refractivity contribution in [2.75, 3.05) is 6.26 Å². The predicted octanol–water partition coefficient (Wildman–Crippen LogP) is 4.72. The van der Waals surface area contributed by atoms with Gasteiger partial charge >= 0.3 is 0 Å². The molecule has 0 saturated heterocycles. The highest BCUT2D eigenvalue weighted by atomic mass is 35.5. The van der Waals surface area contributed by atoms with Gasteiger partial charge < -0.3 is 0 Å². The largest absolute Gasteiger partial charge is 0.230 e. The van der Waals surface area contributed by atoms with Gasteiger partial charge in [0, 0.05) is 27.7 Å². The highest BCUT2D eigenvalue weighted by molar-refractivity contribution is 7.98.